The van der Waals surface area contributed by atoms with Crippen molar-refractivity contribution in [3.63, 3.8) is 0 Å². The van der Waals surface area contributed by atoms with Gasteiger partial charge in [-0.25, -0.2) is 0 Å². The molecule has 1 aliphatic heterocycles. The number of rotatable bonds is 7. The fourth-order valence-electron chi connectivity index (χ4n) is 3.09. The zero-order valence-corrected chi connectivity index (χ0v) is 14.5. The summed E-state index contributed by atoms with van der Waals surface area (Å²) in [4.78, 5) is 14.5. The second-order valence-electron chi connectivity index (χ2n) is 6.59. The number of benzene rings is 1. The van der Waals surface area contributed by atoms with Gasteiger partial charge >= 0.3 is 0 Å². The fourth-order valence-corrected chi connectivity index (χ4v) is 3.09. The van der Waals surface area contributed by atoms with Crippen LogP contribution in [0.4, 0.5) is 0 Å². The molecule has 2 aromatic rings. The molecular formula is C19H26N4O2. The first-order valence-corrected chi connectivity index (χ1v) is 8.96. The van der Waals surface area contributed by atoms with E-state index in [4.69, 9.17) is 0 Å². The summed E-state index contributed by atoms with van der Waals surface area (Å²) in [6.45, 7) is 4.17. The molecule has 0 saturated carbocycles. The molecule has 6 nitrogen and oxygen atoms in total. The van der Waals surface area contributed by atoms with Crippen molar-refractivity contribution in [3.8, 4) is 0 Å². The van der Waals surface area contributed by atoms with Crippen molar-refractivity contribution in [2.24, 2.45) is 0 Å². The lowest BCUT2D eigenvalue weighted by Crippen LogP contribution is -2.37. The van der Waals surface area contributed by atoms with Gasteiger partial charge < -0.3 is 15.3 Å². The molecule has 1 aliphatic rings. The largest absolute Gasteiger partial charge is 0.393 e. The van der Waals surface area contributed by atoms with Crippen LogP contribution in [0.5, 0.6) is 0 Å². The van der Waals surface area contributed by atoms with Crippen LogP contribution in [0, 0.1) is 0 Å². The lowest BCUT2D eigenvalue weighted by Gasteiger charge is -2.29. The number of carbonyl (C=O) groups excluding carboxylic acids is 1. The number of likely N-dealkylation sites (tertiary alicyclic amines) is 1. The Morgan fingerprint density at radius 1 is 1.24 bits per heavy atom. The third-order valence-corrected chi connectivity index (χ3v) is 4.58. The van der Waals surface area contributed by atoms with E-state index in [1.165, 1.54) is 0 Å². The first-order valence-electron chi connectivity index (χ1n) is 8.96. The molecule has 2 N–H and O–H groups in total. The predicted octanol–water partition coefficient (Wildman–Crippen LogP) is 1.51. The Balaban J connectivity index is 1.38. The molecule has 0 bridgehead atoms. The van der Waals surface area contributed by atoms with Gasteiger partial charge in [0.2, 0.25) is 0 Å². The second kappa shape index (κ2) is 8.78. The van der Waals surface area contributed by atoms with Gasteiger partial charge in [0.25, 0.3) is 5.91 Å². The van der Waals surface area contributed by atoms with E-state index < -0.39 is 0 Å². The van der Waals surface area contributed by atoms with Crippen molar-refractivity contribution in [2.45, 2.75) is 31.9 Å². The minimum Gasteiger partial charge on any atom is -0.393 e. The molecule has 0 radical (unpaired) electrons. The van der Waals surface area contributed by atoms with Crippen molar-refractivity contribution in [1.29, 1.82) is 0 Å². The molecule has 0 atom stereocenters. The molecule has 6 heteroatoms. The molecule has 1 saturated heterocycles. The standard InChI is InChI=1S/C19H26N4O2/c24-18-7-11-22(12-8-18)10-4-9-20-19(25)17-13-21-23(15-17)14-16-5-2-1-3-6-16/h1-3,5-6,13,15,18,24H,4,7-12,14H2,(H,20,25). The topological polar surface area (TPSA) is 70.4 Å². The maximum absolute atomic E-state index is 12.2. The fraction of sp³-hybridized carbons (Fsp3) is 0.474. The molecule has 25 heavy (non-hydrogen) atoms. The Hall–Kier alpha value is -2.18. The molecule has 1 amide bonds. The molecule has 0 spiro atoms. The average Bonchev–Trinajstić information content (AvgIpc) is 3.09. The van der Waals surface area contributed by atoms with Crippen molar-refractivity contribution in [3.05, 3.63) is 53.9 Å². The normalized spacial score (nSPS) is 16.0. The SMILES string of the molecule is O=C(NCCCN1CCC(O)CC1)c1cnn(Cc2ccccc2)c1. The highest BCUT2D eigenvalue weighted by Gasteiger charge is 2.16. The van der Waals surface area contributed by atoms with Crippen LogP contribution in [-0.4, -0.2) is 58.0 Å². The van der Waals surface area contributed by atoms with E-state index in [0.717, 1.165) is 44.5 Å². The summed E-state index contributed by atoms with van der Waals surface area (Å²) in [6.07, 6.45) is 5.89. The Bertz CT molecular complexity index is 663. The second-order valence-corrected chi connectivity index (χ2v) is 6.59. The van der Waals surface area contributed by atoms with Gasteiger partial charge in [0.05, 0.1) is 24.4 Å². The zero-order chi connectivity index (χ0) is 17.5. The van der Waals surface area contributed by atoms with Gasteiger partial charge in [-0.2, -0.15) is 5.10 Å². The Kier molecular flexibility index (Phi) is 6.19. The number of amides is 1. The van der Waals surface area contributed by atoms with E-state index >= 15 is 0 Å². The summed E-state index contributed by atoms with van der Waals surface area (Å²) in [5, 5.41) is 16.7. The zero-order valence-electron chi connectivity index (χ0n) is 14.5. The maximum atomic E-state index is 12.2. The third kappa shape index (κ3) is 5.41. The molecule has 1 fully saturated rings. The number of nitrogens with zero attached hydrogens (tertiary/aromatic N) is 3. The molecular weight excluding hydrogens is 316 g/mol. The summed E-state index contributed by atoms with van der Waals surface area (Å²) in [5.41, 5.74) is 1.75. The number of piperidine rings is 1. The van der Waals surface area contributed by atoms with Gasteiger partial charge in [-0.05, 0) is 31.4 Å². The summed E-state index contributed by atoms with van der Waals surface area (Å²) in [6, 6.07) is 10.1. The summed E-state index contributed by atoms with van der Waals surface area (Å²) in [5.74, 6) is -0.0756. The van der Waals surface area contributed by atoms with Gasteiger partial charge in [-0.15, -0.1) is 0 Å². The maximum Gasteiger partial charge on any atom is 0.254 e. The average molecular weight is 342 g/mol. The summed E-state index contributed by atoms with van der Waals surface area (Å²) >= 11 is 0. The first kappa shape index (κ1) is 17.6. The van der Waals surface area contributed by atoms with Crippen LogP contribution in [0.15, 0.2) is 42.7 Å². The molecule has 1 aromatic heterocycles. The van der Waals surface area contributed by atoms with Gasteiger partial charge in [0.15, 0.2) is 0 Å². The van der Waals surface area contributed by atoms with Crippen LogP contribution in [0.2, 0.25) is 0 Å². The lowest BCUT2D eigenvalue weighted by atomic mass is 10.1. The molecule has 1 aromatic carbocycles. The molecule has 134 valence electrons. The van der Waals surface area contributed by atoms with Crippen LogP contribution < -0.4 is 5.32 Å². The van der Waals surface area contributed by atoms with E-state index in [2.05, 4.69) is 15.3 Å². The highest BCUT2D eigenvalue weighted by Crippen LogP contribution is 2.09. The van der Waals surface area contributed by atoms with Crippen molar-refractivity contribution < 1.29 is 9.90 Å². The van der Waals surface area contributed by atoms with E-state index in [0.29, 0.717) is 18.7 Å². The number of aliphatic hydroxyl groups is 1. The molecule has 0 aliphatic carbocycles. The van der Waals surface area contributed by atoms with E-state index in [-0.39, 0.29) is 12.0 Å². The van der Waals surface area contributed by atoms with Crippen LogP contribution in [0.1, 0.15) is 35.2 Å². The van der Waals surface area contributed by atoms with Gasteiger partial charge in [-0.3, -0.25) is 9.48 Å². The van der Waals surface area contributed by atoms with E-state index in [1.54, 1.807) is 17.1 Å². The monoisotopic (exact) mass is 342 g/mol. The molecule has 2 heterocycles. The number of hydrogen-bond donors (Lipinski definition) is 2. The third-order valence-electron chi connectivity index (χ3n) is 4.58. The summed E-state index contributed by atoms with van der Waals surface area (Å²) in [7, 11) is 0. The van der Waals surface area contributed by atoms with Gasteiger partial charge in [-0.1, -0.05) is 30.3 Å². The first-order chi connectivity index (χ1) is 12.2. The number of hydrogen-bond acceptors (Lipinski definition) is 4. The van der Waals surface area contributed by atoms with E-state index in [1.807, 2.05) is 30.3 Å². The Morgan fingerprint density at radius 3 is 2.76 bits per heavy atom. The Labute approximate surface area is 148 Å². The van der Waals surface area contributed by atoms with E-state index in [9.17, 15) is 9.90 Å². The number of nitrogens with one attached hydrogen (secondary N) is 1. The van der Waals surface area contributed by atoms with Crippen molar-refractivity contribution in [2.75, 3.05) is 26.2 Å². The Morgan fingerprint density at radius 2 is 2.00 bits per heavy atom. The number of aromatic nitrogens is 2. The number of carbonyl (C=O) groups is 1. The molecule has 0 unspecified atom stereocenters. The minimum atomic E-state index is -0.136. The van der Waals surface area contributed by atoms with Crippen LogP contribution >= 0.6 is 0 Å². The van der Waals surface area contributed by atoms with Crippen LogP contribution in [0.3, 0.4) is 0 Å². The highest BCUT2D eigenvalue weighted by atomic mass is 16.3. The predicted molar refractivity (Wildman–Crippen MR) is 96.4 cm³/mol. The molecule has 3 rings (SSSR count). The van der Waals surface area contributed by atoms with Crippen molar-refractivity contribution in [1.82, 2.24) is 20.0 Å². The van der Waals surface area contributed by atoms with Crippen LogP contribution in [0.25, 0.3) is 0 Å². The quantitative estimate of drug-likeness (QED) is 0.748. The van der Waals surface area contributed by atoms with Gasteiger partial charge in [0.1, 0.15) is 0 Å². The lowest BCUT2D eigenvalue weighted by molar-refractivity contribution is 0.0816. The van der Waals surface area contributed by atoms with Crippen molar-refractivity contribution >= 4 is 5.91 Å². The minimum absolute atomic E-state index is 0.0756. The smallest absolute Gasteiger partial charge is 0.254 e. The number of aliphatic hydroxyl groups excluding tert-OH is 1. The van der Waals surface area contributed by atoms with Gasteiger partial charge in [0, 0.05) is 25.8 Å². The highest BCUT2D eigenvalue weighted by molar-refractivity contribution is 5.93. The summed E-state index contributed by atoms with van der Waals surface area (Å²) < 4.78 is 1.78. The van der Waals surface area contributed by atoms with Crippen LogP contribution in [-0.2, 0) is 6.54 Å².